The number of rotatable bonds is 3. The van der Waals surface area contributed by atoms with Gasteiger partial charge in [-0.3, -0.25) is 14.3 Å². The molecule has 6 nitrogen and oxygen atoms in total. The minimum absolute atomic E-state index is 0.0538. The summed E-state index contributed by atoms with van der Waals surface area (Å²) in [6.07, 6.45) is 0.702. The predicted octanol–water partition coefficient (Wildman–Crippen LogP) is 3.47. The van der Waals surface area contributed by atoms with Gasteiger partial charge in [-0.25, -0.2) is 0 Å². The number of halogens is 3. The number of nitrogens with zero attached hydrogens (tertiary/aromatic N) is 2. The molecule has 2 amide bonds. The lowest BCUT2D eigenvalue weighted by Crippen LogP contribution is -2.66. The van der Waals surface area contributed by atoms with E-state index in [4.69, 9.17) is 0 Å². The molecule has 4 fully saturated rings. The van der Waals surface area contributed by atoms with Gasteiger partial charge in [0.2, 0.25) is 5.91 Å². The molecule has 166 valence electrons. The van der Waals surface area contributed by atoms with Crippen LogP contribution in [0, 0.1) is 17.8 Å². The molecule has 9 heteroatoms. The summed E-state index contributed by atoms with van der Waals surface area (Å²) in [6.45, 7) is 6.38. The van der Waals surface area contributed by atoms with E-state index in [0.29, 0.717) is 5.92 Å². The molecule has 0 aliphatic heterocycles. The fraction of sp³-hybridized carbons (Fsp3) is 0.762. The van der Waals surface area contributed by atoms with E-state index >= 15 is 0 Å². The summed E-state index contributed by atoms with van der Waals surface area (Å²) in [4.78, 5) is 24.7. The molecule has 4 saturated carbocycles. The molecule has 1 aromatic rings. The molecule has 1 aromatic heterocycles. The van der Waals surface area contributed by atoms with Crippen molar-refractivity contribution in [2.45, 2.75) is 83.1 Å². The predicted molar refractivity (Wildman–Crippen MR) is 104 cm³/mol. The average Bonchev–Trinajstić information content (AvgIpc) is 3.02. The van der Waals surface area contributed by atoms with E-state index in [-0.39, 0.29) is 29.3 Å². The van der Waals surface area contributed by atoms with Crippen molar-refractivity contribution < 1.29 is 22.8 Å². The zero-order valence-corrected chi connectivity index (χ0v) is 17.8. The monoisotopic (exact) mass is 426 g/mol. The van der Waals surface area contributed by atoms with Crippen LogP contribution >= 0.6 is 0 Å². The van der Waals surface area contributed by atoms with Gasteiger partial charge >= 0.3 is 6.18 Å². The summed E-state index contributed by atoms with van der Waals surface area (Å²) >= 11 is 0. The normalized spacial score (nSPS) is 32.9. The van der Waals surface area contributed by atoms with E-state index in [1.54, 1.807) is 20.8 Å². The zero-order chi connectivity index (χ0) is 22.1. The molecule has 2 unspecified atom stereocenters. The van der Waals surface area contributed by atoms with Crippen molar-refractivity contribution in [2.24, 2.45) is 17.8 Å². The minimum Gasteiger partial charge on any atom is -0.351 e. The second-order valence-electron chi connectivity index (χ2n) is 10.4. The van der Waals surface area contributed by atoms with Crippen LogP contribution in [-0.4, -0.2) is 33.2 Å². The van der Waals surface area contributed by atoms with Crippen molar-refractivity contribution >= 4 is 11.8 Å². The molecule has 2 atom stereocenters. The quantitative estimate of drug-likeness (QED) is 0.777. The number of amides is 2. The molecule has 1 heterocycles. The van der Waals surface area contributed by atoms with Crippen LogP contribution in [0.15, 0.2) is 6.20 Å². The summed E-state index contributed by atoms with van der Waals surface area (Å²) in [7, 11) is 0. The van der Waals surface area contributed by atoms with Crippen LogP contribution in [0.4, 0.5) is 13.2 Å². The van der Waals surface area contributed by atoms with E-state index in [0.717, 1.165) is 43.0 Å². The lowest BCUT2D eigenvalue weighted by atomic mass is 9.51. The maximum Gasteiger partial charge on any atom is 0.433 e. The Morgan fingerprint density at radius 2 is 1.73 bits per heavy atom. The van der Waals surface area contributed by atoms with Gasteiger partial charge in [0.15, 0.2) is 5.69 Å². The first-order valence-electron chi connectivity index (χ1n) is 10.5. The van der Waals surface area contributed by atoms with Gasteiger partial charge in [0.25, 0.3) is 5.91 Å². The Bertz CT molecular complexity index is 855. The van der Waals surface area contributed by atoms with Gasteiger partial charge in [-0.1, -0.05) is 0 Å². The highest BCUT2D eigenvalue weighted by molar-refractivity contribution is 5.95. The van der Waals surface area contributed by atoms with Crippen LogP contribution < -0.4 is 10.6 Å². The highest BCUT2D eigenvalue weighted by Crippen LogP contribution is 2.55. The second kappa shape index (κ2) is 6.72. The third-order valence-corrected chi connectivity index (χ3v) is 6.93. The third-order valence-electron chi connectivity index (χ3n) is 6.93. The molecule has 0 saturated heterocycles. The second-order valence-corrected chi connectivity index (χ2v) is 10.4. The van der Waals surface area contributed by atoms with E-state index in [1.807, 2.05) is 0 Å². The first-order valence-corrected chi connectivity index (χ1v) is 10.5. The summed E-state index contributed by atoms with van der Waals surface area (Å²) in [5.74, 6) is 0.0563. The first-order chi connectivity index (χ1) is 13.8. The number of hydrogen-bond acceptors (Lipinski definition) is 3. The Labute approximate surface area is 174 Å². The van der Waals surface area contributed by atoms with Crippen molar-refractivity contribution in [3.8, 4) is 0 Å². The van der Waals surface area contributed by atoms with E-state index < -0.39 is 28.9 Å². The van der Waals surface area contributed by atoms with Gasteiger partial charge in [0, 0.05) is 18.5 Å². The van der Waals surface area contributed by atoms with Crippen LogP contribution in [0.5, 0.6) is 0 Å². The van der Waals surface area contributed by atoms with E-state index in [2.05, 4.69) is 15.7 Å². The Morgan fingerprint density at radius 1 is 1.13 bits per heavy atom. The van der Waals surface area contributed by atoms with Gasteiger partial charge < -0.3 is 10.6 Å². The van der Waals surface area contributed by atoms with Crippen molar-refractivity contribution in [3.63, 3.8) is 0 Å². The molecule has 4 bridgehead atoms. The van der Waals surface area contributed by atoms with E-state index in [1.165, 1.54) is 6.92 Å². The van der Waals surface area contributed by atoms with E-state index in [9.17, 15) is 22.8 Å². The van der Waals surface area contributed by atoms with Crippen molar-refractivity contribution in [1.29, 1.82) is 0 Å². The number of alkyl halides is 3. The SMILES string of the molecule is CC(=O)NC12CC3CC(C1)C(NC(=O)c1cnn(C(C)(C)C)c1C(F)(F)F)C(C3)C2. The minimum atomic E-state index is -4.68. The van der Waals surface area contributed by atoms with Crippen molar-refractivity contribution in [2.75, 3.05) is 0 Å². The molecule has 2 N–H and O–H groups in total. The number of nitrogens with one attached hydrogen (secondary N) is 2. The summed E-state index contributed by atoms with van der Waals surface area (Å²) in [5, 5.41) is 9.94. The lowest BCUT2D eigenvalue weighted by Gasteiger charge is -2.60. The Kier molecular flexibility index (Phi) is 4.74. The third kappa shape index (κ3) is 3.60. The summed E-state index contributed by atoms with van der Waals surface area (Å²) < 4.78 is 42.2. The van der Waals surface area contributed by atoms with Crippen LogP contribution in [0.3, 0.4) is 0 Å². The molecule has 0 spiro atoms. The lowest BCUT2D eigenvalue weighted by molar-refractivity contribution is -0.146. The Morgan fingerprint density at radius 3 is 2.23 bits per heavy atom. The molecular formula is C21H29F3N4O2. The Hall–Kier alpha value is -2.06. The fourth-order valence-electron chi connectivity index (χ4n) is 6.31. The number of carbonyl (C=O) groups excluding carboxylic acids is 2. The van der Waals surface area contributed by atoms with Gasteiger partial charge in [-0.2, -0.15) is 18.3 Å². The number of aromatic nitrogens is 2. The van der Waals surface area contributed by atoms with Gasteiger partial charge in [-0.15, -0.1) is 0 Å². The van der Waals surface area contributed by atoms with Crippen LogP contribution in [-0.2, 0) is 16.5 Å². The highest BCUT2D eigenvalue weighted by atomic mass is 19.4. The van der Waals surface area contributed by atoms with Crippen LogP contribution in [0.25, 0.3) is 0 Å². The van der Waals surface area contributed by atoms with Crippen LogP contribution in [0.1, 0.15) is 75.9 Å². The largest absolute Gasteiger partial charge is 0.433 e. The maximum atomic E-state index is 13.8. The Balaban J connectivity index is 1.58. The van der Waals surface area contributed by atoms with Gasteiger partial charge in [-0.05, 0) is 70.6 Å². The van der Waals surface area contributed by atoms with Gasteiger partial charge in [0.1, 0.15) is 0 Å². The van der Waals surface area contributed by atoms with Crippen molar-refractivity contribution in [3.05, 3.63) is 17.5 Å². The molecular weight excluding hydrogens is 397 g/mol. The molecule has 4 aliphatic carbocycles. The molecule has 0 radical (unpaired) electrons. The summed E-state index contributed by atoms with van der Waals surface area (Å²) in [6, 6.07) is -0.171. The maximum absolute atomic E-state index is 13.8. The molecule has 0 aromatic carbocycles. The average molecular weight is 426 g/mol. The number of carbonyl (C=O) groups is 2. The van der Waals surface area contributed by atoms with Crippen LogP contribution in [0.2, 0.25) is 0 Å². The standard InChI is InChI=1S/C21H29F3N4O2/c1-11(29)27-20-7-12-5-13(8-20)16(14(6-12)9-20)26-18(30)15-10-25-28(19(2,3)4)17(15)21(22,23)24/h10,12-14,16H,5-9H2,1-4H3,(H,26,30)(H,27,29). The zero-order valence-electron chi connectivity index (χ0n) is 17.8. The topological polar surface area (TPSA) is 76.0 Å². The van der Waals surface area contributed by atoms with Crippen molar-refractivity contribution in [1.82, 2.24) is 20.4 Å². The molecule has 4 aliphatic rings. The molecule has 30 heavy (non-hydrogen) atoms. The van der Waals surface area contributed by atoms with Gasteiger partial charge in [0.05, 0.1) is 17.3 Å². The smallest absolute Gasteiger partial charge is 0.351 e. The number of hydrogen-bond donors (Lipinski definition) is 2. The first kappa shape index (κ1) is 21.2. The highest BCUT2D eigenvalue weighted by Gasteiger charge is 2.56. The molecule has 5 rings (SSSR count). The fourth-order valence-corrected chi connectivity index (χ4v) is 6.31. The summed E-state index contributed by atoms with van der Waals surface area (Å²) in [5.41, 5.74) is -2.57.